The Morgan fingerprint density at radius 2 is 2.15 bits per heavy atom. The van der Waals surface area contributed by atoms with Crippen molar-refractivity contribution in [2.45, 2.75) is 38.5 Å². The second-order valence-electron chi connectivity index (χ2n) is 4.19. The molecule has 1 N–H and O–H groups in total. The molecule has 0 aromatic rings. The molecule has 1 saturated heterocycles. The van der Waals surface area contributed by atoms with Crippen molar-refractivity contribution < 1.29 is 14.0 Å². The highest BCUT2D eigenvalue weighted by Gasteiger charge is 2.31. The summed E-state index contributed by atoms with van der Waals surface area (Å²) in [5, 5.41) is 2.58. The average Bonchev–Trinajstić information content (AvgIpc) is 2.31. The van der Waals surface area contributed by atoms with Crippen molar-refractivity contribution in [3.8, 4) is 0 Å². The highest BCUT2D eigenvalue weighted by molar-refractivity contribution is 6.71. The maximum absolute atomic E-state index is 11.4. The number of nitrogens with one attached hydrogen (secondary N) is 1. The summed E-state index contributed by atoms with van der Waals surface area (Å²) in [7, 11) is -1.81. The number of hydrogen-bond donors (Lipinski definition) is 1. The zero-order valence-electron chi connectivity index (χ0n) is 8.22. The number of hydrogen-bond acceptors (Lipinski definition) is 3. The summed E-state index contributed by atoms with van der Waals surface area (Å²) in [5.74, 6) is -0.331. The first-order valence-electron chi connectivity index (χ1n) is 4.41. The smallest absolute Gasteiger partial charge is 0.315 e. The van der Waals surface area contributed by atoms with Gasteiger partial charge in [-0.2, -0.15) is 0 Å². The molecule has 5 heteroatoms. The van der Waals surface area contributed by atoms with Gasteiger partial charge in [0.25, 0.3) is 0 Å². The summed E-state index contributed by atoms with van der Waals surface area (Å²) in [4.78, 5) is 22.2. The Bertz CT molecular complexity index is 234. The molecule has 1 atom stereocenters. The fourth-order valence-corrected chi connectivity index (χ4v) is 1.91. The third kappa shape index (κ3) is 3.18. The molecule has 1 aliphatic rings. The molecule has 0 aromatic heterocycles. The molecule has 0 saturated carbocycles. The first-order chi connectivity index (χ1) is 5.88. The van der Waals surface area contributed by atoms with Crippen molar-refractivity contribution in [3.05, 3.63) is 0 Å². The largest absolute Gasteiger partial charge is 0.518 e. The van der Waals surface area contributed by atoms with Gasteiger partial charge in [-0.3, -0.25) is 9.59 Å². The standard InChI is InChI=1S/C8H15NO3Si/c1-13(2,3)12-8(11)6-4-5-7(10)9-6/h6H,4-5H2,1-3H3,(H,9,10). The van der Waals surface area contributed by atoms with E-state index in [9.17, 15) is 9.59 Å². The molecule has 0 radical (unpaired) electrons. The molecule has 13 heavy (non-hydrogen) atoms. The van der Waals surface area contributed by atoms with Crippen LogP contribution in [0, 0.1) is 0 Å². The molecule has 0 aliphatic carbocycles. The second-order valence-corrected chi connectivity index (χ2v) is 8.62. The van der Waals surface area contributed by atoms with Gasteiger partial charge in [0, 0.05) is 6.42 Å². The number of rotatable bonds is 2. The summed E-state index contributed by atoms with van der Waals surface area (Å²) in [5.41, 5.74) is 0. The second kappa shape index (κ2) is 3.49. The van der Waals surface area contributed by atoms with Gasteiger partial charge < -0.3 is 9.74 Å². The van der Waals surface area contributed by atoms with Crippen LogP contribution in [-0.4, -0.2) is 26.2 Å². The van der Waals surface area contributed by atoms with Crippen LogP contribution in [0.25, 0.3) is 0 Å². The van der Waals surface area contributed by atoms with Gasteiger partial charge in [0.2, 0.25) is 14.2 Å². The Balaban J connectivity index is 2.45. The summed E-state index contributed by atoms with van der Waals surface area (Å²) >= 11 is 0. The summed E-state index contributed by atoms with van der Waals surface area (Å²) in [6, 6.07) is -0.403. The van der Waals surface area contributed by atoms with E-state index in [1.165, 1.54) is 0 Å². The lowest BCUT2D eigenvalue weighted by molar-refractivity contribution is -0.138. The first-order valence-corrected chi connectivity index (χ1v) is 7.81. The van der Waals surface area contributed by atoms with Crippen LogP contribution in [0.15, 0.2) is 0 Å². The Morgan fingerprint density at radius 3 is 2.54 bits per heavy atom. The van der Waals surface area contributed by atoms with Crippen LogP contribution in [0.4, 0.5) is 0 Å². The van der Waals surface area contributed by atoms with E-state index in [0.717, 1.165) is 0 Å². The average molecular weight is 201 g/mol. The van der Waals surface area contributed by atoms with E-state index in [2.05, 4.69) is 5.32 Å². The number of carbonyl (C=O) groups excluding carboxylic acids is 2. The molecule has 74 valence electrons. The molecular formula is C8H15NO3Si. The molecule has 1 amide bonds. The van der Waals surface area contributed by atoms with Crippen LogP contribution < -0.4 is 5.32 Å². The Hall–Kier alpha value is -0.843. The van der Waals surface area contributed by atoms with Gasteiger partial charge in [0.1, 0.15) is 6.04 Å². The van der Waals surface area contributed by atoms with Gasteiger partial charge in [-0.15, -0.1) is 0 Å². The molecule has 1 aliphatic heterocycles. The van der Waals surface area contributed by atoms with Gasteiger partial charge in [0.05, 0.1) is 0 Å². The Morgan fingerprint density at radius 1 is 1.54 bits per heavy atom. The third-order valence-electron chi connectivity index (χ3n) is 1.69. The van der Waals surface area contributed by atoms with Crippen LogP contribution in [-0.2, 0) is 14.0 Å². The molecule has 0 spiro atoms. The minimum atomic E-state index is -1.81. The monoisotopic (exact) mass is 201 g/mol. The van der Waals surface area contributed by atoms with E-state index in [-0.39, 0.29) is 11.9 Å². The van der Waals surface area contributed by atoms with E-state index in [1.54, 1.807) is 0 Å². The molecular weight excluding hydrogens is 186 g/mol. The molecule has 1 rings (SSSR count). The topological polar surface area (TPSA) is 55.4 Å². The maximum Gasteiger partial charge on any atom is 0.315 e. The highest BCUT2D eigenvalue weighted by atomic mass is 28.4. The first kappa shape index (κ1) is 10.2. The molecule has 1 heterocycles. The maximum atomic E-state index is 11.4. The van der Waals surface area contributed by atoms with Gasteiger partial charge in [-0.1, -0.05) is 0 Å². The van der Waals surface area contributed by atoms with Gasteiger partial charge in [0.15, 0.2) is 0 Å². The zero-order chi connectivity index (χ0) is 10.1. The lowest BCUT2D eigenvalue weighted by Crippen LogP contribution is -2.40. The fraction of sp³-hybridized carbons (Fsp3) is 0.750. The third-order valence-corrected chi connectivity index (χ3v) is 2.50. The van der Waals surface area contributed by atoms with E-state index in [0.29, 0.717) is 12.8 Å². The van der Waals surface area contributed by atoms with Crippen molar-refractivity contribution in [3.63, 3.8) is 0 Å². The van der Waals surface area contributed by atoms with E-state index < -0.39 is 14.4 Å². The quantitative estimate of drug-likeness (QED) is 0.667. The summed E-state index contributed by atoms with van der Waals surface area (Å²) < 4.78 is 5.26. The summed E-state index contributed by atoms with van der Waals surface area (Å²) in [6.07, 6.45) is 1.01. The minimum Gasteiger partial charge on any atom is -0.518 e. The van der Waals surface area contributed by atoms with Crippen molar-refractivity contribution >= 4 is 20.2 Å². The molecule has 1 unspecified atom stereocenters. The predicted octanol–water partition coefficient (Wildman–Crippen LogP) is 0.643. The van der Waals surface area contributed by atoms with Crippen molar-refractivity contribution in [2.24, 2.45) is 0 Å². The van der Waals surface area contributed by atoms with Crippen molar-refractivity contribution in [2.75, 3.05) is 0 Å². The lowest BCUT2D eigenvalue weighted by atomic mass is 10.2. The molecule has 0 bridgehead atoms. The van der Waals surface area contributed by atoms with Crippen LogP contribution in [0.5, 0.6) is 0 Å². The Labute approximate surface area is 78.8 Å². The van der Waals surface area contributed by atoms with Gasteiger partial charge in [-0.05, 0) is 26.1 Å². The number of carbonyl (C=O) groups is 2. The van der Waals surface area contributed by atoms with Crippen LogP contribution >= 0.6 is 0 Å². The minimum absolute atomic E-state index is 0.0578. The molecule has 1 fully saturated rings. The van der Waals surface area contributed by atoms with E-state index in [4.69, 9.17) is 4.43 Å². The number of amides is 1. The zero-order valence-corrected chi connectivity index (χ0v) is 9.22. The van der Waals surface area contributed by atoms with Crippen LogP contribution in [0.1, 0.15) is 12.8 Å². The van der Waals surface area contributed by atoms with E-state index >= 15 is 0 Å². The fourth-order valence-electron chi connectivity index (χ4n) is 1.16. The van der Waals surface area contributed by atoms with Gasteiger partial charge >= 0.3 is 5.97 Å². The van der Waals surface area contributed by atoms with Crippen molar-refractivity contribution in [1.29, 1.82) is 0 Å². The molecule has 0 aromatic carbocycles. The van der Waals surface area contributed by atoms with Crippen LogP contribution in [0.3, 0.4) is 0 Å². The van der Waals surface area contributed by atoms with Gasteiger partial charge in [-0.25, -0.2) is 0 Å². The van der Waals surface area contributed by atoms with Crippen molar-refractivity contribution in [1.82, 2.24) is 5.32 Å². The highest BCUT2D eigenvalue weighted by Crippen LogP contribution is 2.11. The van der Waals surface area contributed by atoms with E-state index in [1.807, 2.05) is 19.6 Å². The SMILES string of the molecule is C[Si](C)(C)OC(=O)C1CCC(=O)N1. The Kier molecular flexibility index (Phi) is 2.75. The lowest BCUT2D eigenvalue weighted by Gasteiger charge is -2.20. The molecule has 4 nitrogen and oxygen atoms in total. The van der Waals surface area contributed by atoms with Crippen LogP contribution in [0.2, 0.25) is 19.6 Å². The normalized spacial score (nSPS) is 22.7. The predicted molar refractivity (Wildman–Crippen MR) is 50.6 cm³/mol. The summed E-state index contributed by atoms with van der Waals surface area (Å²) in [6.45, 7) is 5.84.